The Bertz CT molecular complexity index is 2310. The van der Waals surface area contributed by atoms with E-state index in [1.165, 1.54) is 12.1 Å². The highest BCUT2D eigenvalue weighted by atomic mass is 16.7. The number of nitro groups is 1. The van der Waals surface area contributed by atoms with E-state index in [0.29, 0.717) is 36.3 Å². The van der Waals surface area contributed by atoms with Crippen LogP contribution in [0.2, 0.25) is 0 Å². The monoisotopic (exact) mass is 859 g/mol. The van der Waals surface area contributed by atoms with Crippen molar-refractivity contribution in [2.75, 3.05) is 26.4 Å². The van der Waals surface area contributed by atoms with Gasteiger partial charge in [0, 0.05) is 43.2 Å². The number of nitro benzene ring substituents is 1. The molecule has 1 saturated carbocycles. The predicted molar refractivity (Wildman–Crippen MR) is 240 cm³/mol. The van der Waals surface area contributed by atoms with Crippen molar-refractivity contribution in [2.45, 2.75) is 82.3 Å². The second kappa shape index (κ2) is 20.9. The van der Waals surface area contributed by atoms with Crippen LogP contribution in [-0.2, 0) is 27.5 Å². The fourth-order valence-electron chi connectivity index (χ4n) is 9.78. The van der Waals surface area contributed by atoms with Crippen LogP contribution in [0.4, 0.5) is 10.5 Å². The Morgan fingerprint density at radius 2 is 1.73 bits per heavy atom. The standard InChI is InChI=1S/C50H57N3O10/c1-3-5-28-60-49(57)52(32-37-16-12-15-35-13-6-7-17-40(35)37)46-31-44(51-62-33-34-19-21-38(22-20-34)53(58)59)42-29-36(14-8-10-25-54)41(18-9-11-26-55)47-43-30-39(56)23-24-45(43)63-50(46,48(42)47)61-27-4-2/h3-4,6-7,12-13,15-17,19-24,29-30,36,41,46-48,54-56H,1-2,5,8-11,14,18,25-28,31-33H2/t36-,41+,46-,47+,48+,50+/m0/s1. The van der Waals surface area contributed by atoms with Gasteiger partial charge in [-0.2, -0.15) is 0 Å². The second-order valence-corrected chi connectivity index (χ2v) is 16.5. The van der Waals surface area contributed by atoms with E-state index in [2.05, 4.69) is 19.2 Å². The molecule has 1 heterocycles. The number of hydrogen-bond donors (Lipinski definition) is 3. The number of phenols is 1. The zero-order valence-electron chi connectivity index (χ0n) is 35.6. The largest absolute Gasteiger partial charge is 0.508 e. The number of nitrogens with zero attached hydrogens (tertiary/aromatic N) is 3. The van der Waals surface area contributed by atoms with Gasteiger partial charge in [0.25, 0.3) is 5.69 Å². The van der Waals surface area contributed by atoms with Crippen LogP contribution in [0.25, 0.3) is 10.8 Å². The molecule has 6 atom stereocenters. The molecule has 4 aromatic rings. The van der Waals surface area contributed by atoms with Crippen LogP contribution in [0.5, 0.6) is 11.5 Å². The molecule has 0 radical (unpaired) electrons. The molecular formula is C50H57N3O10. The number of aliphatic hydroxyl groups excluding tert-OH is 2. The number of oxime groups is 1. The van der Waals surface area contributed by atoms with E-state index in [-0.39, 0.29) is 75.2 Å². The number of aromatic hydroxyl groups is 1. The molecule has 0 bridgehead atoms. The molecule has 2 aliphatic carbocycles. The normalized spacial score (nSPS) is 22.9. The average molecular weight is 860 g/mol. The first-order valence-corrected chi connectivity index (χ1v) is 21.9. The number of unbranched alkanes of at least 4 members (excludes halogenated alkanes) is 2. The molecule has 63 heavy (non-hydrogen) atoms. The molecule has 0 spiro atoms. The molecule has 1 fully saturated rings. The number of carbonyl (C=O) groups is 1. The third-order valence-corrected chi connectivity index (χ3v) is 12.6. The number of fused-ring (bicyclic) bond motifs is 3. The van der Waals surface area contributed by atoms with E-state index in [1.807, 2.05) is 42.5 Å². The summed E-state index contributed by atoms with van der Waals surface area (Å²) < 4.78 is 20.4. The van der Waals surface area contributed by atoms with E-state index in [1.54, 1.807) is 47.4 Å². The minimum Gasteiger partial charge on any atom is -0.508 e. The maximum atomic E-state index is 14.8. The molecule has 1 amide bonds. The van der Waals surface area contributed by atoms with Crippen LogP contribution in [0.15, 0.2) is 127 Å². The minimum absolute atomic E-state index is 0.0102. The van der Waals surface area contributed by atoms with Crippen molar-refractivity contribution < 1.29 is 44.1 Å². The summed E-state index contributed by atoms with van der Waals surface area (Å²) in [6, 6.07) is 24.3. The van der Waals surface area contributed by atoms with Crippen molar-refractivity contribution in [1.82, 2.24) is 4.90 Å². The van der Waals surface area contributed by atoms with E-state index >= 15 is 0 Å². The van der Waals surface area contributed by atoms with Gasteiger partial charge in [-0.25, -0.2) is 4.79 Å². The molecule has 13 heteroatoms. The number of aliphatic hydroxyl groups is 2. The first kappa shape index (κ1) is 45.0. The van der Waals surface area contributed by atoms with Gasteiger partial charge in [0.1, 0.15) is 24.1 Å². The predicted octanol–water partition coefficient (Wildman–Crippen LogP) is 9.50. The molecule has 13 nitrogen and oxygen atoms in total. The smallest absolute Gasteiger partial charge is 0.410 e. The van der Waals surface area contributed by atoms with Crippen LogP contribution in [-0.4, -0.2) is 75.2 Å². The first-order valence-electron chi connectivity index (χ1n) is 21.9. The quantitative estimate of drug-likeness (QED) is 0.0317. The Morgan fingerprint density at radius 3 is 2.48 bits per heavy atom. The van der Waals surface area contributed by atoms with Gasteiger partial charge in [0.2, 0.25) is 5.79 Å². The third-order valence-electron chi connectivity index (χ3n) is 12.6. The fraction of sp³-hybridized carbons (Fsp3) is 0.400. The lowest BCUT2D eigenvalue weighted by atomic mass is 9.55. The highest BCUT2D eigenvalue weighted by Crippen LogP contribution is 2.62. The molecule has 332 valence electrons. The van der Waals surface area contributed by atoms with Gasteiger partial charge in [0.15, 0.2) is 0 Å². The maximum absolute atomic E-state index is 14.8. The fourth-order valence-corrected chi connectivity index (χ4v) is 9.78. The van der Waals surface area contributed by atoms with Gasteiger partial charge in [-0.3, -0.25) is 15.0 Å². The number of allylic oxidation sites excluding steroid dienone is 1. The molecule has 3 N–H and O–H groups in total. The summed E-state index contributed by atoms with van der Waals surface area (Å²) >= 11 is 0. The first-order chi connectivity index (χ1) is 30.7. The second-order valence-electron chi connectivity index (χ2n) is 16.5. The van der Waals surface area contributed by atoms with Crippen LogP contribution in [0.3, 0.4) is 0 Å². The van der Waals surface area contributed by atoms with Gasteiger partial charge in [-0.1, -0.05) is 78.7 Å². The van der Waals surface area contributed by atoms with Crippen molar-refractivity contribution in [3.8, 4) is 11.5 Å². The number of carbonyl (C=O) groups excluding carboxylic acids is 1. The zero-order chi connectivity index (χ0) is 44.3. The molecule has 7 rings (SSSR count). The number of non-ortho nitro benzene ring substituents is 1. The van der Waals surface area contributed by atoms with Crippen molar-refractivity contribution in [2.24, 2.45) is 22.9 Å². The topological polar surface area (TPSA) is 173 Å². The maximum Gasteiger partial charge on any atom is 0.410 e. The highest BCUT2D eigenvalue weighted by molar-refractivity contribution is 6.03. The van der Waals surface area contributed by atoms with E-state index in [0.717, 1.165) is 53.2 Å². The van der Waals surface area contributed by atoms with Crippen molar-refractivity contribution in [3.05, 3.63) is 149 Å². The highest BCUT2D eigenvalue weighted by Gasteiger charge is 2.65. The summed E-state index contributed by atoms with van der Waals surface area (Å²) in [7, 11) is 0. The molecule has 0 aromatic heterocycles. The summed E-state index contributed by atoms with van der Waals surface area (Å²) in [4.78, 5) is 33.6. The van der Waals surface area contributed by atoms with Crippen LogP contribution >= 0.6 is 0 Å². The average Bonchev–Trinajstić information content (AvgIpc) is 3.29. The molecular weight excluding hydrogens is 803 g/mol. The number of hydrogen-bond acceptors (Lipinski definition) is 11. The van der Waals surface area contributed by atoms with Crippen molar-refractivity contribution >= 4 is 28.3 Å². The molecule has 1 aliphatic heterocycles. The number of amides is 1. The Hall–Kier alpha value is -6.02. The lowest BCUT2D eigenvalue weighted by Crippen LogP contribution is -2.70. The van der Waals surface area contributed by atoms with Crippen LogP contribution < -0.4 is 4.74 Å². The Labute approximate surface area is 368 Å². The summed E-state index contributed by atoms with van der Waals surface area (Å²) in [6.07, 6.45) is 9.82. The summed E-state index contributed by atoms with van der Waals surface area (Å²) in [5.41, 5.74) is 3.72. The Morgan fingerprint density at radius 1 is 0.968 bits per heavy atom. The van der Waals surface area contributed by atoms with E-state index in [4.69, 9.17) is 24.2 Å². The number of rotatable bonds is 21. The lowest BCUT2D eigenvalue weighted by Gasteiger charge is -2.59. The van der Waals surface area contributed by atoms with Gasteiger partial charge >= 0.3 is 6.09 Å². The Balaban J connectivity index is 1.44. The SMILES string of the molecule is C=CCCOC(=O)N(Cc1cccc2ccccc12)[C@H]1CC(=NOCc2ccc([N+](=O)[O-])cc2)C2=C[C@H](CCCCO)[C@@H](CCCCO)[C@@H]3c4cc(O)ccc4O[C@@]1(OCC=C)[C@H]23. The van der Waals surface area contributed by atoms with Crippen LogP contribution in [0, 0.1) is 27.9 Å². The summed E-state index contributed by atoms with van der Waals surface area (Å²) in [5.74, 6) is -1.92. The lowest BCUT2D eigenvalue weighted by molar-refractivity contribution is -0.384. The van der Waals surface area contributed by atoms with Crippen molar-refractivity contribution in [3.63, 3.8) is 0 Å². The van der Waals surface area contributed by atoms with Gasteiger partial charge < -0.3 is 34.4 Å². The van der Waals surface area contributed by atoms with Gasteiger partial charge in [-0.05, 0) is 102 Å². The van der Waals surface area contributed by atoms with Crippen LogP contribution in [0.1, 0.15) is 74.0 Å². The van der Waals surface area contributed by atoms with E-state index < -0.39 is 28.8 Å². The molecule has 3 aliphatic rings. The Kier molecular flexibility index (Phi) is 14.9. The molecule has 4 aromatic carbocycles. The number of ether oxygens (including phenoxy) is 3. The van der Waals surface area contributed by atoms with Crippen molar-refractivity contribution in [1.29, 1.82) is 0 Å². The summed E-state index contributed by atoms with van der Waals surface area (Å²) in [6.45, 7) is 8.27. The van der Waals surface area contributed by atoms with Gasteiger partial charge in [0.05, 0.1) is 36.3 Å². The number of phenolic OH excluding ortho intramolecular Hbond substituents is 1. The molecule has 0 unspecified atom stereocenters. The van der Waals surface area contributed by atoms with Gasteiger partial charge in [-0.15, -0.1) is 13.2 Å². The molecule has 0 saturated heterocycles. The minimum atomic E-state index is -1.54. The summed E-state index contributed by atoms with van der Waals surface area (Å²) in [5, 5.41) is 49.1. The third kappa shape index (κ3) is 9.81. The number of benzene rings is 4. The zero-order valence-corrected chi connectivity index (χ0v) is 35.6. The van der Waals surface area contributed by atoms with E-state index in [9.17, 15) is 30.2 Å².